The Balaban J connectivity index is 2.50. The van der Waals surface area contributed by atoms with E-state index < -0.39 is 0 Å². The first kappa shape index (κ1) is 13.0. The van der Waals surface area contributed by atoms with Crippen LogP contribution >= 0.6 is 0 Å². The number of benzene rings is 1. The number of methoxy groups -OCH3 is 3. The maximum absolute atomic E-state index is 6.13. The molecule has 1 aliphatic rings. The van der Waals surface area contributed by atoms with Crippen molar-refractivity contribution in [3.05, 3.63) is 17.7 Å². The van der Waals surface area contributed by atoms with Crippen molar-refractivity contribution in [1.29, 1.82) is 0 Å². The molecule has 2 rings (SSSR count). The van der Waals surface area contributed by atoms with Crippen LogP contribution in [0.4, 0.5) is 0 Å². The van der Waals surface area contributed by atoms with E-state index in [1.807, 2.05) is 12.1 Å². The van der Waals surface area contributed by atoms with Gasteiger partial charge in [-0.05, 0) is 11.5 Å². The van der Waals surface area contributed by atoms with Crippen molar-refractivity contribution in [2.75, 3.05) is 21.3 Å². The second-order valence-corrected chi connectivity index (χ2v) is 5.25. The molecule has 1 aromatic carbocycles. The van der Waals surface area contributed by atoms with Gasteiger partial charge < -0.3 is 19.9 Å². The standard InChI is InChI=1S/C14H21NO3/c1-14(2)10(13(14)15)8-6-7-9(16-3)12(18-5)11(8)17-4/h6-7,10,13H,15H2,1-5H3. The van der Waals surface area contributed by atoms with Gasteiger partial charge in [0.25, 0.3) is 0 Å². The third-order valence-electron chi connectivity index (χ3n) is 3.98. The zero-order valence-corrected chi connectivity index (χ0v) is 11.6. The van der Waals surface area contributed by atoms with Crippen molar-refractivity contribution in [2.24, 2.45) is 11.1 Å². The zero-order valence-electron chi connectivity index (χ0n) is 11.6. The number of rotatable bonds is 4. The highest BCUT2D eigenvalue weighted by Crippen LogP contribution is 2.60. The highest BCUT2D eigenvalue weighted by molar-refractivity contribution is 5.59. The van der Waals surface area contributed by atoms with Gasteiger partial charge in [0, 0.05) is 17.5 Å². The van der Waals surface area contributed by atoms with Crippen LogP contribution in [0.25, 0.3) is 0 Å². The number of ether oxygens (including phenoxy) is 3. The first-order valence-electron chi connectivity index (χ1n) is 6.03. The van der Waals surface area contributed by atoms with Gasteiger partial charge >= 0.3 is 0 Å². The Morgan fingerprint density at radius 3 is 1.94 bits per heavy atom. The summed E-state index contributed by atoms with van der Waals surface area (Å²) < 4.78 is 16.2. The van der Waals surface area contributed by atoms with Crippen molar-refractivity contribution >= 4 is 0 Å². The van der Waals surface area contributed by atoms with Crippen molar-refractivity contribution in [3.63, 3.8) is 0 Å². The zero-order chi connectivity index (χ0) is 13.5. The lowest BCUT2D eigenvalue weighted by Gasteiger charge is -2.16. The summed E-state index contributed by atoms with van der Waals surface area (Å²) in [4.78, 5) is 0. The normalized spacial score (nSPS) is 24.6. The molecule has 0 spiro atoms. The monoisotopic (exact) mass is 251 g/mol. The van der Waals surface area contributed by atoms with Crippen molar-refractivity contribution < 1.29 is 14.2 Å². The number of hydrogen-bond acceptors (Lipinski definition) is 4. The highest BCUT2D eigenvalue weighted by atomic mass is 16.5. The lowest BCUT2D eigenvalue weighted by molar-refractivity contribution is 0.321. The summed E-state index contributed by atoms with van der Waals surface area (Å²) in [5.74, 6) is 2.33. The predicted octanol–water partition coefficient (Wildman–Crippen LogP) is 2.16. The van der Waals surface area contributed by atoms with E-state index in [9.17, 15) is 0 Å². The van der Waals surface area contributed by atoms with Crippen LogP contribution in [0.3, 0.4) is 0 Å². The fourth-order valence-corrected chi connectivity index (χ4v) is 2.64. The van der Waals surface area contributed by atoms with Gasteiger partial charge in [-0.3, -0.25) is 0 Å². The second kappa shape index (κ2) is 4.35. The van der Waals surface area contributed by atoms with E-state index in [0.717, 1.165) is 11.3 Å². The largest absolute Gasteiger partial charge is 0.493 e. The summed E-state index contributed by atoms with van der Waals surface area (Å²) in [5, 5.41) is 0. The Hall–Kier alpha value is -1.42. The van der Waals surface area contributed by atoms with Gasteiger partial charge in [0.15, 0.2) is 11.5 Å². The molecule has 4 heteroatoms. The number of nitrogens with two attached hydrogens (primary N) is 1. The predicted molar refractivity (Wildman–Crippen MR) is 70.6 cm³/mol. The first-order chi connectivity index (χ1) is 8.48. The van der Waals surface area contributed by atoms with E-state index in [-0.39, 0.29) is 11.5 Å². The summed E-state index contributed by atoms with van der Waals surface area (Å²) in [6.45, 7) is 4.33. The van der Waals surface area contributed by atoms with Crippen LogP contribution < -0.4 is 19.9 Å². The molecule has 100 valence electrons. The molecule has 2 unspecified atom stereocenters. The van der Waals surface area contributed by atoms with Gasteiger partial charge in [0.1, 0.15) is 0 Å². The highest BCUT2D eigenvalue weighted by Gasteiger charge is 2.57. The summed E-state index contributed by atoms with van der Waals surface area (Å²) in [6, 6.07) is 4.07. The van der Waals surface area contributed by atoms with Gasteiger partial charge in [-0.15, -0.1) is 0 Å². The van der Waals surface area contributed by atoms with E-state index in [1.54, 1.807) is 21.3 Å². The molecule has 0 saturated heterocycles. The second-order valence-electron chi connectivity index (χ2n) is 5.25. The van der Waals surface area contributed by atoms with Crippen LogP contribution in [0.1, 0.15) is 25.3 Å². The van der Waals surface area contributed by atoms with Gasteiger partial charge in [0.2, 0.25) is 5.75 Å². The molecule has 2 atom stereocenters. The molecule has 0 aliphatic heterocycles. The molecule has 0 amide bonds. The molecule has 18 heavy (non-hydrogen) atoms. The molecule has 0 radical (unpaired) electrons. The van der Waals surface area contributed by atoms with E-state index in [0.29, 0.717) is 17.4 Å². The lowest BCUT2D eigenvalue weighted by Crippen LogP contribution is -2.06. The van der Waals surface area contributed by atoms with Crippen LogP contribution in [0.5, 0.6) is 17.2 Å². The molecule has 4 nitrogen and oxygen atoms in total. The lowest BCUT2D eigenvalue weighted by atomic mass is 10.0. The molecule has 1 saturated carbocycles. The van der Waals surface area contributed by atoms with Crippen LogP contribution in [0, 0.1) is 5.41 Å². The smallest absolute Gasteiger partial charge is 0.203 e. The first-order valence-corrected chi connectivity index (χ1v) is 6.03. The van der Waals surface area contributed by atoms with Gasteiger partial charge in [-0.25, -0.2) is 0 Å². The summed E-state index contributed by atoms with van der Waals surface area (Å²) in [6.07, 6.45) is 0. The van der Waals surface area contributed by atoms with Crippen LogP contribution in [0.15, 0.2) is 12.1 Å². The van der Waals surface area contributed by atoms with Gasteiger partial charge in [-0.2, -0.15) is 0 Å². The molecular weight excluding hydrogens is 230 g/mol. The molecule has 1 fully saturated rings. The van der Waals surface area contributed by atoms with E-state index in [4.69, 9.17) is 19.9 Å². The molecule has 1 aliphatic carbocycles. The van der Waals surface area contributed by atoms with E-state index in [2.05, 4.69) is 13.8 Å². The average Bonchev–Trinajstić information content (AvgIpc) is 2.86. The fraction of sp³-hybridized carbons (Fsp3) is 0.571. The summed E-state index contributed by atoms with van der Waals surface area (Å²) >= 11 is 0. The molecule has 2 N–H and O–H groups in total. The summed E-state index contributed by atoms with van der Waals surface area (Å²) in [5.41, 5.74) is 7.33. The third-order valence-corrected chi connectivity index (χ3v) is 3.98. The fourth-order valence-electron chi connectivity index (χ4n) is 2.64. The van der Waals surface area contributed by atoms with Crippen LogP contribution in [-0.4, -0.2) is 27.4 Å². The molecule has 0 heterocycles. The average molecular weight is 251 g/mol. The van der Waals surface area contributed by atoms with Crippen LogP contribution in [0.2, 0.25) is 0 Å². The number of hydrogen-bond donors (Lipinski definition) is 1. The Bertz CT molecular complexity index is 457. The van der Waals surface area contributed by atoms with Crippen molar-refractivity contribution in [2.45, 2.75) is 25.8 Å². The molecular formula is C14H21NO3. The summed E-state index contributed by atoms with van der Waals surface area (Å²) in [7, 11) is 4.87. The maximum Gasteiger partial charge on any atom is 0.203 e. The quantitative estimate of drug-likeness (QED) is 0.891. The van der Waals surface area contributed by atoms with E-state index >= 15 is 0 Å². The minimum atomic E-state index is 0.104. The van der Waals surface area contributed by atoms with E-state index in [1.165, 1.54) is 0 Å². The molecule has 0 aromatic heterocycles. The van der Waals surface area contributed by atoms with Gasteiger partial charge in [-0.1, -0.05) is 19.9 Å². The Morgan fingerprint density at radius 2 is 1.56 bits per heavy atom. The van der Waals surface area contributed by atoms with Gasteiger partial charge in [0.05, 0.1) is 21.3 Å². The topological polar surface area (TPSA) is 53.7 Å². The minimum absolute atomic E-state index is 0.104. The Labute approximate surface area is 108 Å². The Kier molecular flexibility index (Phi) is 3.15. The van der Waals surface area contributed by atoms with Crippen molar-refractivity contribution in [1.82, 2.24) is 0 Å². The molecule has 1 aromatic rings. The Morgan fingerprint density at radius 1 is 1.00 bits per heavy atom. The van der Waals surface area contributed by atoms with Crippen LogP contribution in [-0.2, 0) is 0 Å². The third kappa shape index (κ3) is 1.72. The SMILES string of the molecule is COc1ccc(C2C(N)C2(C)C)c(OC)c1OC. The minimum Gasteiger partial charge on any atom is -0.493 e. The maximum atomic E-state index is 6.13. The van der Waals surface area contributed by atoms with Crippen molar-refractivity contribution in [3.8, 4) is 17.2 Å². The molecule has 0 bridgehead atoms.